The Morgan fingerprint density at radius 1 is 1.15 bits per heavy atom. The minimum Gasteiger partial charge on any atom is -0.339 e. The second kappa shape index (κ2) is 8.69. The molecular formula is C18H28ClN3O3S. The number of hydrogen-bond donors (Lipinski definition) is 1. The molecule has 1 heterocycles. The van der Waals surface area contributed by atoms with E-state index in [1.54, 1.807) is 11.0 Å². The first-order chi connectivity index (χ1) is 11.9. The van der Waals surface area contributed by atoms with Crippen LogP contribution in [0.3, 0.4) is 0 Å². The minimum absolute atomic E-state index is 0. The Labute approximate surface area is 162 Å². The van der Waals surface area contributed by atoms with E-state index in [1.165, 1.54) is 9.87 Å². The number of benzene rings is 1. The maximum Gasteiger partial charge on any atom is 0.243 e. The van der Waals surface area contributed by atoms with Gasteiger partial charge in [0.05, 0.1) is 10.9 Å². The molecule has 0 bridgehead atoms. The van der Waals surface area contributed by atoms with Crippen LogP contribution in [0.2, 0.25) is 0 Å². The van der Waals surface area contributed by atoms with Gasteiger partial charge in [0.25, 0.3) is 0 Å². The largest absolute Gasteiger partial charge is 0.339 e. The first kappa shape index (κ1) is 21.2. The van der Waals surface area contributed by atoms with Crippen molar-refractivity contribution in [2.75, 3.05) is 26.2 Å². The molecule has 1 fully saturated rings. The summed E-state index contributed by atoms with van der Waals surface area (Å²) in [6.45, 7) is 3.45. The molecule has 0 radical (unpaired) electrons. The van der Waals surface area contributed by atoms with E-state index in [9.17, 15) is 13.2 Å². The molecule has 1 aromatic carbocycles. The van der Waals surface area contributed by atoms with Gasteiger partial charge in [-0.05, 0) is 48.9 Å². The molecule has 1 amide bonds. The molecule has 0 aromatic heterocycles. The van der Waals surface area contributed by atoms with Crippen LogP contribution in [-0.2, 0) is 27.7 Å². The van der Waals surface area contributed by atoms with Gasteiger partial charge in [-0.3, -0.25) is 4.79 Å². The normalized spacial score (nSPS) is 18.9. The molecule has 1 saturated heterocycles. The number of nitrogens with zero attached hydrogens (tertiary/aromatic N) is 2. The van der Waals surface area contributed by atoms with Crippen molar-refractivity contribution < 1.29 is 13.2 Å². The van der Waals surface area contributed by atoms with E-state index >= 15 is 0 Å². The second-order valence-corrected chi connectivity index (χ2v) is 8.85. The highest BCUT2D eigenvalue weighted by molar-refractivity contribution is 7.89. The number of piperazine rings is 1. The highest BCUT2D eigenvalue weighted by Gasteiger charge is 2.32. The zero-order valence-corrected chi connectivity index (χ0v) is 16.8. The van der Waals surface area contributed by atoms with Crippen molar-refractivity contribution in [1.29, 1.82) is 0 Å². The number of fused-ring (bicyclic) bond motifs is 1. The first-order valence-corrected chi connectivity index (χ1v) is 10.5. The van der Waals surface area contributed by atoms with Crippen molar-refractivity contribution in [2.24, 2.45) is 5.73 Å². The monoisotopic (exact) mass is 401 g/mol. The van der Waals surface area contributed by atoms with E-state index in [1.807, 2.05) is 19.1 Å². The number of rotatable bonds is 5. The standard InChI is InChI=1S/C18H27N3O3S.ClH/c1-2-4-17(19)18(22)20-9-11-21(12-10-20)25(23,24)16-8-7-14-5-3-6-15(14)13-16;/h7-8,13,17H,2-6,9-12,19H2,1H3;1H. The molecule has 1 atom stereocenters. The minimum atomic E-state index is -3.50. The molecule has 3 rings (SSSR count). The van der Waals surface area contributed by atoms with E-state index in [2.05, 4.69) is 0 Å². The van der Waals surface area contributed by atoms with Crippen molar-refractivity contribution >= 4 is 28.3 Å². The van der Waals surface area contributed by atoms with Gasteiger partial charge in [-0.15, -0.1) is 12.4 Å². The van der Waals surface area contributed by atoms with Gasteiger partial charge < -0.3 is 10.6 Å². The zero-order valence-electron chi connectivity index (χ0n) is 15.2. The molecule has 146 valence electrons. The molecule has 2 aliphatic rings. The molecule has 1 aromatic rings. The van der Waals surface area contributed by atoms with Crippen LogP contribution >= 0.6 is 12.4 Å². The van der Waals surface area contributed by atoms with Crippen LogP contribution in [0.5, 0.6) is 0 Å². The fraction of sp³-hybridized carbons (Fsp3) is 0.611. The quantitative estimate of drug-likeness (QED) is 0.811. The number of carbonyl (C=O) groups is 1. The summed E-state index contributed by atoms with van der Waals surface area (Å²) in [7, 11) is -3.50. The van der Waals surface area contributed by atoms with Crippen molar-refractivity contribution in [3.8, 4) is 0 Å². The van der Waals surface area contributed by atoms with E-state index < -0.39 is 16.1 Å². The van der Waals surface area contributed by atoms with Gasteiger partial charge in [0.15, 0.2) is 0 Å². The number of halogens is 1. The molecule has 1 aliphatic carbocycles. The van der Waals surface area contributed by atoms with Crippen molar-refractivity contribution in [3.05, 3.63) is 29.3 Å². The maximum absolute atomic E-state index is 12.9. The van der Waals surface area contributed by atoms with Gasteiger partial charge in [0, 0.05) is 26.2 Å². The van der Waals surface area contributed by atoms with Crippen LogP contribution in [0.1, 0.15) is 37.3 Å². The van der Waals surface area contributed by atoms with E-state index in [4.69, 9.17) is 5.73 Å². The Balaban J connectivity index is 0.00000243. The number of carbonyl (C=O) groups excluding carboxylic acids is 1. The molecule has 6 nitrogen and oxygen atoms in total. The number of aryl methyl sites for hydroxylation is 2. The first-order valence-electron chi connectivity index (χ1n) is 9.10. The molecule has 0 saturated carbocycles. The Kier molecular flexibility index (Phi) is 7.07. The average molecular weight is 402 g/mol. The van der Waals surface area contributed by atoms with E-state index in [0.29, 0.717) is 37.5 Å². The van der Waals surface area contributed by atoms with Crippen molar-refractivity contribution in [3.63, 3.8) is 0 Å². The van der Waals surface area contributed by atoms with Gasteiger partial charge in [-0.25, -0.2) is 8.42 Å². The van der Waals surface area contributed by atoms with Gasteiger partial charge >= 0.3 is 0 Å². The summed E-state index contributed by atoms with van der Waals surface area (Å²) in [4.78, 5) is 14.3. The number of hydrogen-bond acceptors (Lipinski definition) is 4. The van der Waals surface area contributed by atoms with Crippen LogP contribution in [0.4, 0.5) is 0 Å². The second-order valence-electron chi connectivity index (χ2n) is 6.91. The molecule has 8 heteroatoms. The number of sulfonamides is 1. The third-order valence-corrected chi connectivity index (χ3v) is 7.07. The summed E-state index contributed by atoms with van der Waals surface area (Å²) in [5, 5.41) is 0. The molecular weight excluding hydrogens is 374 g/mol. The predicted octanol–water partition coefficient (Wildman–Crippen LogP) is 1.56. The van der Waals surface area contributed by atoms with Crippen LogP contribution in [0.25, 0.3) is 0 Å². The summed E-state index contributed by atoms with van der Waals surface area (Å²) in [6.07, 6.45) is 4.61. The summed E-state index contributed by atoms with van der Waals surface area (Å²) in [6, 6.07) is 5.00. The third-order valence-electron chi connectivity index (χ3n) is 5.17. The Morgan fingerprint density at radius 3 is 2.46 bits per heavy atom. The lowest BCUT2D eigenvalue weighted by Gasteiger charge is -2.35. The summed E-state index contributed by atoms with van der Waals surface area (Å²) in [5.41, 5.74) is 8.32. The van der Waals surface area contributed by atoms with Gasteiger partial charge in [0.2, 0.25) is 15.9 Å². The van der Waals surface area contributed by atoms with E-state index in [0.717, 1.165) is 31.2 Å². The van der Waals surface area contributed by atoms with Gasteiger partial charge in [-0.2, -0.15) is 4.31 Å². The van der Waals surface area contributed by atoms with Crippen molar-refractivity contribution in [1.82, 2.24) is 9.21 Å². The average Bonchev–Trinajstić information content (AvgIpc) is 3.09. The van der Waals surface area contributed by atoms with Gasteiger partial charge in [0.1, 0.15) is 0 Å². The van der Waals surface area contributed by atoms with Gasteiger partial charge in [-0.1, -0.05) is 19.4 Å². The molecule has 1 aliphatic heterocycles. The molecule has 0 spiro atoms. The lowest BCUT2D eigenvalue weighted by Crippen LogP contribution is -2.54. The van der Waals surface area contributed by atoms with Crippen LogP contribution in [-0.4, -0.2) is 55.8 Å². The molecule has 1 unspecified atom stereocenters. The fourth-order valence-electron chi connectivity index (χ4n) is 3.68. The van der Waals surface area contributed by atoms with Crippen LogP contribution in [0, 0.1) is 0 Å². The maximum atomic E-state index is 12.9. The SMILES string of the molecule is CCCC(N)C(=O)N1CCN(S(=O)(=O)c2ccc3c(c2)CCC3)CC1.Cl. The Bertz CT molecular complexity index is 746. The fourth-order valence-corrected chi connectivity index (χ4v) is 5.15. The smallest absolute Gasteiger partial charge is 0.243 e. The Hall–Kier alpha value is -1.15. The lowest BCUT2D eigenvalue weighted by atomic mass is 10.1. The highest BCUT2D eigenvalue weighted by atomic mass is 35.5. The summed E-state index contributed by atoms with van der Waals surface area (Å²) < 4.78 is 27.3. The third kappa shape index (κ3) is 4.22. The van der Waals surface area contributed by atoms with Crippen molar-refractivity contribution in [2.45, 2.75) is 50.0 Å². The highest BCUT2D eigenvalue weighted by Crippen LogP contribution is 2.26. The van der Waals surface area contributed by atoms with Crippen LogP contribution in [0.15, 0.2) is 23.1 Å². The van der Waals surface area contributed by atoms with Crippen LogP contribution < -0.4 is 5.73 Å². The topological polar surface area (TPSA) is 83.7 Å². The predicted molar refractivity (Wildman–Crippen MR) is 104 cm³/mol. The number of nitrogens with two attached hydrogens (primary N) is 1. The summed E-state index contributed by atoms with van der Waals surface area (Å²) in [5.74, 6) is -0.0728. The Morgan fingerprint density at radius 2 is 1.81 bits per heavy atom. The van der Waals surface area contributed by atoms with E-state index in [-0.39, 0.29) is 18.3 Å². The molecule has 2 N–H and O–H groups in total. The summed E-state index contributed by atoms with van der Waals surface area (Å²) >= 11 is 0. The lowest BCUT2D eigenvalue weighted by molar-refractivity contribution is -0.133. The zero-order chi connectivity index (χ0) is 18.0. The molecule has 26 heavy (non-hydrogen) atoms. The number of amides is 1.